The van der Waals surface area contributed by atoms with Crippen molar-refractivity contribution in [2.75, 3.05) is 5.75 Å². The molecule has 0 atom stereocenters. The van der Waals surface area contributed by atoms with Crippen molar-refractivity contribution in [3.05, 3.63) is 57.0 Å². The van der Waals surface area contributed by atoms with Crippen LogP contribution in [0.15, 0.2) is 45.1 Å². The van der Waals surface area contributed by atoms with E-state index in [1.807, 2.05) is 0 Å². The SMILES string of the molecule is Cn1c(=O)c2c(ncn2CCSc2ccccc2C(=O)O)n(C)c1=O. The van der Waals surface area contributed by atoms with Crippen molar-refractivity contribution in [3.63, 3.8) is 0 Å². The molecule has 2 aromatic heterocycles. The second-order valence-electron chi connectivity index (χ2n) is 5.47. The zero-order valence-corrected chi connectivity index (χ0v) is 14.5. The molecule has 0 amide bonds. The van der Waals surface area contributed by atoms with E-state index in [1.165, 1.54) is 29.7 Å². The molecule has 0 fully saturated rings. The molecule has 0 spiro atoms. The van der Waals surface area contributed by atoms with Crippen molar-refractivity contribution >= 4 is 28.9 Å². The largest absolute Gasteiger partial charge is 0.478 e. The van der Waals surface area contributed by atoms with Crippen molar-refractivity contribution in [1.29, 1.82) is 0 Å². The summed E-state index contributed by atoms with van der Waals surface area (Å²) in [5.41, 5.74) is 0.126. The fourth-order valence-corrected chi connectivity index (χ4v) is 3.58. The molecule has 1 aromatic carbocycles. The lowest BCUT2D eigenvalue weighted by Gasteiger charge is -2.08. The molecule has 0 saturated carbocycles. The number of fused-ring (bicyclic) bond motifs is 1. The van der Waals surface area contributed by atoms with Crippen molar-refractivity contribution in [2.24, 2.45) is 14.1 Å². The van der Waals surface area contributed by atoms with Gasteiger partial charge in [0.2, 0.25) is 0 Å². The van der Waals surface area contributed by atoms with Gasteiger partial charge in [0, 0.05) is 31.3 Å². The van der Waals surface area contributed by atoms with Gasteiger partial charge in [-0.3, -0.25) is 13.9 Å². The van der Waals surface area contributed by atoms with Crippen LogP contribution in [-0.4, -0.2) is 35.5 Å². The van der Waals surface area contributed by atoms with Crippen LogP contribution in [0.25, 0.3) is 11.2 Å². The summed E-state index contributed by atoms with van der Waals surface area (Å²) in [7, 11) is 3.00. The fourth-order valence-electron chi connectivity index (χ4n) is 2.59. The Labute approximate surface area is 146 Å². The number of imidazole rings is 1. The Morgan fingerprint density at radius 3 is 2.64 bits per heavy atom. The van der Waals surface area contributed by atoms with Crippen LogP contribution in [-0.2, 0) is 20.6 Å². The number of carboxylic acids is 1. The Morgan fingerprint density at radius 2 is 1.92 bits per heavy atom. The van der Waals surface area contributed by atoms with Crippen molar-refractivity contribution < 1.29 is 9.90 Å². The van der Waals surface area contributed by atoms with Crippen molar-refractivity contribution in [3.8, 4) is 0 Å². The minimum atomic E-state index is -0.972. The van der Waals surface area contributed by atoms with E-state index in [4.69, 9.17) is 0 Å². The predicted octanol–water partition coefficient (Wildman–Crippen LogP) is 0.924. The zero-order chi connectivity index (χ0) is 18.1. The highest BCUT2D eigenvalue weighted by Crippen LogP contribution is 2.23. The monoisotopic (exact) mass is 360 g/mol. The maximum absolute atomic E-state index is 12.4. The number of benzene rings is 1. The van der Waals surface area contributed by atoms with Crippen LogP contribution in [0, 0.1) is 0 Å². The van der Waals surface area contributed by atoms with Crippen molar-refractivity contribution in [2.45, 2.75) is 11.4 Å². The molecule has 3 aromatic rings. The number of aromatic nitrogens is 4. The second kappa shape index (κ2) is 6.60. The van der Waals surface area contributed by atoms with Crippen LogP contribution < -0.4 is 11.2 Å². The van der Waals surface area contributed by atoms with Gasteiger partial charge in [-0.15, -0.1) is 11.8 Å². The molecule has 0 aliphatic heterocycles. The summed E-state index contributed by atoms with van der Waals surface area (Å²) in [5, 5.41) is 9.21. The van der Waals surface area contributed by atoms with Gasteiger partial charge in [-0.05, 0) is 12.1 Å². The highest BCUT2D eigenvalue weighted by molar-refractivity contribution is 7.99. The van der Waals surface area contributed by atoms with Crippen LogP contribution in [0.4, 0.5) is 0 Å². The summed E-state index contributed by atoms with van der Waals surface area (Å²) >= 11 is 1.39. The summed E-state index contributed by atoms with van der Waals surface area (Å²) < 4.78 is 4.07. The molecule has 130 valence electrons. The first kappa shape index (κ1) is 17.0. The lowest BCUT2D eigenvalue weighted by Crippen LogP contribution is -2.37. The number of nitrogens with zero attached hydrogens (tertiary/aromatic N) is 4. The van der Waals surface area contributed by atoms with Gasteiger partial charge in [-0.25, -0.2) is 14.6 Å². The molecule has 1 N–H and O–H groups in total. The molecule has 0 radical (unpaired) electrons. The van der Waals surface area contributed by atoms with Crippen LogP contribution in [0.1, 0.15) is 10.4 Å². The van der Waals surface area contributed by atoms with Gasteiger partial charge < -0.3 is 9.67 Å². The normalized spacial score (nSPS) is 11.1. The van der Waals surface area contributed by atoms with Gasteiger partial charge in [0.15, 0.2) is 11.2 Å². The molecule has 8 nitrogen and oxygen atoms in total. The van der Waals surface area contributed by atoms with Gasteiger partial charge in [0.1, 0.15) is 0 Å². The van der Waals surface area contributed by atoms with E-state index in [-0.39, 0.29) is 5.56 Å². The van der Waals surface area contributed by atoms with Gasteiger partial charge in [-0.2, -0.15) is 0 Å². The van der Waals surface area contributed by atoms with E-state index < -0.39 is 17.2 Å². The fraction of sp³-hybridized carbons (Fsp3) is 0.250. The Kier molecular flexibility index (Phi) is 4.49. The van der Waals surface area contributed by atoms with E-state index in [0.29, 0.717) is 28.4 Å². The van der Waals surface area contributed by atoms with Crippen LogP contribution in [0.5, 0.6) is 0 Å². The average molecular weight is 360 g/mol. The smallest absolute Gasteiger partial charge is 0.336 e. The first-order valence-electron chi connectivity index (χ1n) is 7.47. The molecule has 0 aliphatic rings. The second-order valence-corrected chi connectivity index (χ2v) is 6.60. The summed E-state index contributed by atoms with van der Waals surface area (Å²) in [5.74, 6) is -0.415. The minimum absolute atomic E-state index is 0.251. The van der Waals surface area contributed by atoms with Crippen molar-refractivity contribution in [1.82, 2.24) is 18.7 Å². The van der Waals surface area contributed by atoms with E-state index in [9.17, 15) is 19.5 Å². The van der Waals surface area contributed by atoms with E-state index in [2.05, 4.69) is 4.98 Å². The maximum atomic E-state index is 12.4. The highest BCUT2D eigenvalue weighted by atomic mass is 32.2. The van der Waals surface area contributed by atoms with Crippen LogP contribution >= 0.6 is 11.8 Å². The standard InChI is InChI=1S/C16H16N4O4S/c1-18-13-12(14(21)19(2)16(18)24)20(9-17-13)7-8-25-11-6-4-3-5-10(11)15(22)23/h3-6,9H,7-8H2,1-2H3,(H,22,23). The Bertz CT molecular complexity index is 1080. The number of hydrogen-bond donors (Lipinski definition) is 1. The van der Waals surface area contributed by atoms with Gasteiger partial charge >= 0.3 is 11.7 Å². The number of hydrogen-bond acceptors (Lipinski definition) is 5. The molecule has 9 heteroatoms. The third-order valence-electron chi connectivity index (χ3n) is 3.92. The lowest BCUT2D eigenvalue weighted by atomic mass is 10.2. The molecule has 0 bridgehead atoms. The Morgan fingerprint density at radius 1 is 1.20 bits per heavy atom. The number of carbonyl (C=O) groups is 1. The van der Waals surface area contributed by atoms with Gasteiger partial charge in [-0.1, -0.05) is 12.1 Å². The number of aromatic carboxylic acids is 1. The molecule has 25 heavy (non-hydrogen) atoms. The molecule has 3 rings (SSSR count). The molecule has 2 heterocycles. The third-order valence-corrected chi connectivity index (χ3v) is 4.98. The first-order valence-corrected chi connectivity index (χ1v) is 8.46. The Balaban J connectivity index is 1.87. The molecule has 0 unspecified atom stereocenters. The maximum Gasteiger partial charge on any atom is 0.336 e. The zero-order valence-electron chi connectivity index (χ0n) is 13.7. The number of carboxylic acid groups (broad SMARTS) is 1. The predicted molar refractivity (Wildman–Crippen MR) is 94.3 cm³/mol. The van der Waals surface area contributed by atoms with E-state index in [0.717, 1.165) is 4.57 Å². The first-order chi connectivity index (χ1) is 11.9. The highest BCUT2D eigenvalue weighted by Gasteiger charge is 2.14. The molecule has 0 saturated heterocycles. The summed E-state index contributed by atoms with van der Waals surface area (Å²) in [6.07, 6.45) is 1.52. The van der Waals surface area contributed by atoms with E-state index >= 15 is 0 Å². The molecular formula is C16H16N4O4S. The van der Waals surface area contributed by atoms with Gasteiger partial charge in [0.25, 0.3) is 5.56 Å². The summed E-state index contributed by atoms with van der Waals surface area (Å²) in [6, 6.07) is 6.78. The minimum Gasteiger partial charge on any atom is -0.478 e. The number of rotatable bonds is 5. The number of thioether (sulfide) groups is 1. The van der Waals surface area contributed by atoms with Crippen LogP contribution in [0.3, 0.4) is 0 Å². The lowest BCUT2D eigenvalue weighted by molar-refractivity contribution is 0.0693. The topological polar surface area (TPSA) is 99.1 Å². The summed E-state index contributed by atoms with van der Waals surface area (Å²) in [6.45, 7) is 0.461. The van der Waals surface area contributed by atoms with Gasteiger partial charge in [0.05, 0.1) is 11.9 Å². The average Bonchev–Trinajstić information content (AvgIpc) is 3.02. The molecule has 0 aliphatic carbocycles. The van der Waals surface area contributed by atoms with Crippen LogP contribution in [0.2, 0.25) is 0 Å². The Hall–Kier alpha value is -2.81. The third kappa shape index (κ3) is 2.98. The quantitative estimate of drug-likeness (QED) is 0.680. The van der Waals surface area contributed by atoms with E-state index in [1.54, 1.807) is 35.9 Å². The summed E-state index contributed by atoms with van der Waals surface area (Å²) in [4.78, 5) is 40.4. The number of aryl methyl sites for hydroxylation is 2. The molecular weight excluding hydrogens is 344 g/mol.